The van der Waals surface area contributed by atoms with Crippen molar-refractivity contribution in [2.45, 2.75) is 6.54 Å². The molecular weight excluding hydrogens is 406 g/mol. The fourth-order valence-corrected chi connectivity index (χ4v) is 4.13. The summed E-state index contributed by atoms with van der Waals surface area (Å²) in [6.45, 7) is 3.98. The zero-order valence-electron chi connectivity index (χ0n) is 17.7. The first-order valence-electron chi connectivity index (χ1n) is 10.8. The number of benzene rings is 1. The van der Waals surface area contributed by atoms with Crippen LogP contribution in [0.1, 0.15) is 16.1 Å². The summed E-state index contributed by atoms with van der Waals surface area (Å²) in [6, 6.07) is 15.5. The molecule has 1 amide bonds. The number of furan rings is 1. The zero-order chi connectivity index (χ0) is 21.9. The Hall–Kier alpha value is -3.49. The van der Waals surface area contributed by atoms with Gasteiger partial charge >= 0.3 is 0 Å². The predicted octanol–water partition coefficient (Wildman–Crippen LogP) is 2.49. The van der Waals surface area contributed by atoms with Crippen LogP contribution >= 0.6 is 0 Å². The van der Waals surface area contributed by atoms with E-state index in [4.69, 9.17) is 9.40 Å². The third-order valence-corrected chi connectivity index (χ3v) is 5.87. The van der Waals surface area contributed by atoms with Gasteiger partial charge in [-0.1, -0.05) is 30.3 Å². The molecule has 0 spiro atoms. The van der Waals surface area contributed by atoms with E-state index in [1.54, 1.807) is 17.1 Å². The maximum absolute atomic E-state index is 13.6. The number of rotatable bonds is 6. The van der Waals surface area contributed by atoms with Gasteiger partial charge in [0.1, 0.15) is 12.3 Å². The number of fused-ring (bicyclic) bond motifs is 1. The molecule has 0 unspecified atom stereocenters. The largest absolute Gasteiger partial charge is 0.467 e. The van der Waals surface area contributed by atoms with Gasteiger partial charge in [-0.15, -0.1) is 0 Å². The smallest absolute Gasteiger partial charge is 0.254 e. The van der Waals surface area contributed by atoms with E-state index in [9.17, 15) is 9.90 Å². The summed E-state index contributed by atoms with van der Waals surface area (Å²) in [7, 11) is 0. The third-order valence-electron chi connectivity index (χ3n) is 5.87. The van der Waals surface area contributed by atoms with Crippen molar-refractivity contribution in [1.29, 1.82) is 0 Å². The molecule has 164 valence electrons. The summed E-state index contributed by atoms with van der Waals surface area (Å²) >= 11 is 0. The number of aromatic nitrogens is 3. The highest BCUT2D eigenvalue weighted by Gasteiger charge is 2.25. The van der Waals surface area contributed by atoms with Gasteiger partial charge in [0.15, 0.2) is 5.65 Å². The quantitative estimate of drug-likeness (QED) is 0.505. The summed E-state index contributed by atoms with van der Waals surface area (Å²) in [5.41, 5.74) is 2.95. The van der Waals surface area contributed by atoms with E-state index in [2.05, 4.69) is 10.00 Å². The van der Waals surface area contributed by atoms with Crippen LogP contribution in [0, 0.1) is 0 Å². The summed E-state index contributed by atoms with van der Waals surface area (Å²) < 4.78 is 7.26. The number of nitrogens with zero attached hydrogens (tertiary/aromatic N) is 5. The van der Waals surface area contributed by atoms with Gasteiger partial charge in [0.05, 0.1) is 35.7 Å². The lowest BCUT2D eigenvalue weighted by Crippen LogP contribution is -2.49. The molecule has 0 aliphatic carbocycles. The number of hydrogen-bond donors (Lipinski definition) is 1. The molecule has 0 bridgehead atoms. The van der Waals surface area contributed by atoms with Crippen LogP contribution in [-0.2, 0) is 6.54 Å². The van der Waals surface area contributed by atoms with Crippen molar-refractivity contribution >= 4 is 16.9 Å². The second-order valence-electron chi connectivity index (χ2n) is 7.90. The summed E-state index contributed by atoms with van der Waals surface area (Å²) in [5, 5.41) is 14.4. The normalized spacial score (nSPS) is 14.8. The van der Waals surface area contributed by atoms with E-state index in [-0.39, 0.29) is 12.5 Å². The number of carbonyl (C=O) groups is 1. The molecule has 8 heteroatoms. The first-order valence-corrected chi connectivity index (χ1v) is 10.8. The first kappa shape index (κ1) is 20.4. The van der Waals surface area contributed by atoms with Crippen molar-refractivity contribution < 1.29 is 14.3 Å². The Bertz CT molecular complexity index is 1200. The maximum Gasteiger partial charge on any atom is 0.254 e. The Kier molecular flexibility index (Phi) is 5.70. The molecule has 1 aliphatic rings. The fourth-order valence-electron chi connectivity index (χ4n) is 4.13. The first-order chi connectivity index (χ1) is 15.7. The van der Waals surface area contributed by atoms with Crippen LogP contribution in [0.25, 0.3) is 22.3 Å². The highest BCUT2D eigenvalue weighted by Crippen LogP contribution is 2.26. The van der Waals surface area contributed by atoms with Gasteiger partial charge in [-0.2, -0.15) is 5.10 Å². The Labute approximate surface area is 185 Å². The SMILES string of the molecule is O=C(c1cc(-c2ccccc2)nc2c1cnn2Cc1ccco1)N1CCN(CCO)CC1. The van der Waals surface area contributed by atoms with Crippen molar-refractivity contribution in [3.63, 3.8) is 0 Å². The molecule has 1 aliphatic heterocycles. The van der Waals surface area contributed by atoms with E-state index < -0.39 is 0 Å². The average Bonchev–Trinajstić information content (AvgIpc) is 3.50. The van der Waals surface area contributed by atoms with Gasteiger partial charge in [-0.3, -0.25) is 9.69 Å². The fraction of sp³-hybridized carbons (Fsp3) is 0.292. The van der Waals surface area contributed by atoms with Crippen LogP contribution in [0.5, 0.6) is 0 Å². The van der Waals surface area contributed by atoms with Crippen LogP contribution in [0.4, 0.5) is 0 Å². The second-order valence-corrected chi connectivity index (χ2v) is 7.90. The number of β-amino-alcohol motifs (C(OH)–C–C–N with tert-alkyl or cyclic N) is 1. The standard InChI is InChI=1S/C24H25N5O3/c30-13-12-27-8-10-28(11-9-27)24(31)20-15-22(18-5-2-1-3-6-18)26-23-21(20)16-25-29(23)17-19-7-4-14-32-19/h1-7,14-16,30H,8-13,17H2. The molecular formula is C24H25N5O3. The molecule has 5 rings (SSSR count). The maximum atomic E-state index is 13.6. The van der Waals surface area contributed by atoms with Crippen LogP contribution < -0.4 is 0 Å². The van der Waals surface area contributed by atoms with Gasteiger partial charge in [0.25, 0.3) is 5.91 Å². The summed E-state index contributed by atoms with van der Waals surface area (Å²) in [5.74, 6) is 0.755. The Morgan fingerprint density at radius 3 is 2.59 bits per heavy atom. The molecule has 4 aromatic rings. The topological polar surface area (TPSA) is 87.6 Å². The molecule has 1 N–H and O–H groups in total. The lowest BCUT2D eigenvalue weighted by atomic mass is 10.1. The van der Waals surface area contributed by atoms with Gasteiger partial charge in [-0.05, 0) is 18.2 Å². The van der Waals surface area contributed by atoms with Gasteiger partial charge in [0.2, 0.25) is 0 Å². The molecule has 32 heavy (non-hydrogen) atoms. The highest BCUT2D eigenvalue weighted by molar-refractivity contribution is 6.06. The molecule has 4 heterocycles. The molecule has 1 fully saturated rings. The van der Waals surface area contributed by atoms with E-state index >= 15 is 0 Å². The van der Waals surface area contributed by atoms with E-state index in [0.29, 0.717) is 37.4 Å². The molecule has 0 radical (unpaired) electrons. The number of aliphatic hydroxyl groups excluding tert-OH is 1. The minimum Gasteiger partial charge on any atom is -0.467 e. The van der Waals surface area contributed by atoms with Crippen molar-refractivity contribution in [1.82, 2.24) is 24.6 Å². The Morgan fingerprint density at radius 1 is 1.06 bits per heavy atom. The number of carbonyl (C=O) groups excluding carboxylic acids is 1. The van der Waals surface area contributed by atoms with Crippen LogP contribution in [0.2, 0.25) is 0 Å². The van der Waals surface area contributed by atoms with E-state index in [1.807, 2.05) is 53.4 Å². The van der Waals surface area contributed by atoms with Crippen molar-refractivity contribution in [3.8, 4) is 11.3 Å². The predicted molar refractivity (Wildman–Crippen MR) is 120 cm³/mol. The van der Waals surface area contributed by atoms with Crippen molar-refractivity contribution in [3.05, 3.63) is 72.3 Å². The van der Waals surface area contributed by atoms with Gasteiger partial charge in [-0.25, -0.2) is 9.67 Å². The molecule has 1 saturated heterocycles. The Morgan fingerprint density at radius 2 is 1.88 bits per heavy atom. The number of piperazine rings is 1. The van der Waals surface area contributed by atoms with Crippen molar-refractivity contribution in [2.75, 3.05) is 39.3 Å². The van der Waals surface area contributed by atoms with Gasteiger partial charge in [0, 0.05) is 38.3 Å². The lowest BCUT2D eigenvalue weighted by Gasteiger charge is -2.34. The second kappa shape index (κ2) is 8.94. The Balaban J connectivity index is 1.53. The number of aliphatic hydroxyl groups is 1. The average molecular weight is 431 g/mol. The number of hydrogen-bond acceptors (Lipinski definition) is 6. The van der Waals surface area contributed by atoms with E-state index in [0.717, 1.165) is 35.5 Å². The van der Waals surface area contributed by atoms with Crippen molar-refractivity contribution in [2.24, 2.45) is 0 Å². The number of amides is 1. The molecule has 0 saturated carbocycles. The minimum absolute atomic E-state index is 0.0178. The van der Waals surface area contributed by atoms with Gasteiger partial charge < -0.3 is 14.4 Å². The highest BCUT2D eigenvalue weighted by atomic mass is 16.3. The molecule has 1 aromatic carbocycles. The van der Waals surface area contributed by atoms with E-state index in [1.165, 1.54) is 0 Å². The molecule has 0 atom stereocenters. The number of pyridine rings is 1. The van der Waals surface area contributed by atoms with Crippen LogP contribution in [0.15, 0.2) is 65.4 Å². The van der Waals surface area contributed by atoms with Crippen LogP contribution in [0.3, 0.4) is 0 Å². The molecule has 3 aromatic heterocycles. The monoisotopic (exact) mass is 431 g/mol. The zero-order valence-corrected chi connectivity index (χ0v) is 17.7. The molecule has 8 nitrogen and oxygen atoms in total. The summed E-state index contributed by atoms with van der Waals surface area (Å²) in [4.78, 5) is 22.5. The minimum atomic E-state index is -0.0178. The third kappa shape index (κ3) is 4.02. The summed E-state index contributed by atoms with van der Waals surface area (Å²) in [6.07, 6.45) is 3.35. The van der Waals surface area contributed by atoms with Crippen LogP contribution in [-0.4, -0.2) is 74.9 Å². The lowest BCUT2D eigenvalue weighted by molar-refractivity contribution is 0.0617.